The third-order valence-corrected chi connectivity index (χ3v) is 5.20. The Kier molecular flexibility index (Phi) is 5.08. The molecule has 1 fully saturated rings. The number of nitrogen functional groups attached to an aromatic ring is 1. The highest BCUT2D eigenvalue weighted by Gasteiger charge is 2.27. The third kappa shape index (κ3) is 4.09. The summed E-state index contributed by atoms with van der Waals surface area (Å²) in [4.78, 5) is 2.61. The first kappa shape index (κ1) is 16.1. The van der Waals surface area contributed by atoms with E-state index in [4.69, 9.17) is 5.73 Å². The van der Waals surface area contributed by atoms with Gasteiger partial charge in [-0.1, -0.05) is 6.92 Å². The smallest absolute Gasteiger partial charge is 0.242 e. The minimum atomic E-state index is -3.52. The van der Waals surface area contributed by atoms with E-state index in [0.717, 1.165) is 13.1 Å². The molecule has 2 rings (SSSR count). The van der Waals surface area contributed by atoms with Crippen LogP contribution in [0.2, 0.25) is 0 Å². The van der Waals surface area contributed by atoms with Gasteiger partial charge in [-0.2, -0.15) is 0 Å². The molecule has 1 saturated carbocycles. The second kappa shape index (κ2) is 6.64. The van der Waals surface area contributed by atoms with E-state index < -0.39 is 10.0 Å². The summed E-state index contributed by atoms with van der Waals surface area (Å²) in [6.07, 6.45) is 2.55. The number of nitrogens with one attached hydrogen (secondary N) is 2. The summed E-state index contributed by atoms with van der Waals surface area (Å²) in [6.45, 7) is 4.79. The summed E-state index contributed by atoms with van der Waals surface area (Å²) in [6, 6.07) is 5.61. The summed E-state index contributed by atoms with van der Waals surface area (Å²) in [5.41, 5.74) is 6.72. The van der Waals surface area contributed by atoms with Crippen LogP contribution in [0.3, 0.4) is 0 Å². The number of anilines is 2. The van der Waals surface area contributed by atoms with Crippen molar-refractivity contribution in [2.75, 3.05) is 37.7 Å². The Morgan fingerprint density at radius 1 is 1.38 bits per heavy atom. The van der Waals surface area contributed by atoms with Gasteiger partial charge in [0.25, 0.3) is 0 Å². The highest BCUT2D eigenvalue weighted by molar-refractivity contribution is 7.89. The van der Waals surface area contributed by atoms with E-state index in [9.17, 15) is 8.42 Å². The summed E-state index contributed by atoms with van der Waals surface area (Å²) in [5.74, 6) is 0. The average molecular weight is 312 g/mol. The number of nitrogens with two attached hydrogens (primary N) is 1. The van der Waals surface area contributed by atoms with Gasteiger partial charge < -0.3 is 11.1 Å². The molecule has 6 nitrogen and oxygen atoms in total. The minimum absolute atomic E-state index is 0.194. The van der Waals surface area contributed by atoms with Gasteiger partial charge in [0.05, 0.1) is 5.69 Å². The zero-order valence-electron chi connectivity index (χ0n) is 12.6. The maximum absolute atomic E-state index is 12.0. The molecule has 118 valence electrons. The Hall–Kier alpha value is -1.31. The van der Waals surface area contributed by atoms with E-state index >= 15 is 0 Å². The van der Waals surface area contributed by atoms with Crippen molar-refractivity contribution in [1.29, 1.82) is 0 Å². The van der Waals surface area contributed by atoms with Crippen LogP contribution in [-0.4, -0.2) is 46.0 Å². The van der Waals surface area contributed by atoms with E-state index in [0.29, 0.717) is 24.0 Å². The minimum Gasteiger partial charge on any atom is -0.399 e. The molecule has 21 heavy (non-hydrogen) atoms. The van der Waals surface area contributed by atoms with E-state index in [-0.39, 0.29) is 4.90 Å². The topological polar surface area (TPSA) is 87.5 Å². The van der Waals surface area contributed by atoms with Crippen molar-refractivity contribution in [3.63, 3.8) is 0 Å². The monoisotopic (exact) mass is 312 g/mol. The van der Waals surface area contributed by atoms with Gasteiger partial charge in [-0.05, 0) is 44.6 Å². The van der Waals surface area contributed by atoms with Crippen LogP contribution in [0, 0.1) is 0 Å². The predicted octanol–water partition coefficient (Wildman–Crippen LogP) is 1.07. The van der Waals surface area contributed by atoms with E-state index in [1.807, 2.05) is 0 Å². The van der Waals surface area contributed by atoms with Crippen molar-refractivity contribution < 1.29 is 8.42 Å². The molecular weight excluding hydrogens is 288 g/mol. The van der Waals surface area contributed by atoms with E-state index in [2.05, 4.69) is 21.9 Å². The predicted molar refractivity (Wildman–Crippen MR) is 85.9 cm³/mol. The van der Waals surface area contributed by atoms with Crippen LogP contribution in [-0.2, 0) is 10.0 Å². The molecule has 1 aromatic carbocycles. The number of nitrogens with zero attached hydrogens (tertiary/aromatic N) is 1. The Morgan fingerprint density at radius 2 is 2.10 bits per heavy atom. The van der Waals surface area contributed by atoms with Gasteiger partial charge >= 0.3 is 0 Å². The van der Waals surface area contributed by atoms with Gasteiger partial charge in [-0.15, -0.1) is 0 Å². The van der Waals surface area contributed by atoms with Crippen LogP contribution in [0.5, 0.6) is 0 Å². The Morgan fingerprint density at radius 3 is 2.67 bits per heavy atom. The standard InChI is InChI=1S/C14H24N4O2S/c1-3-18(12-5-6-12)9-8-17-13-7-4-11(15)10-14(13)21(19,20)16-2/h4,7,10,12,16-17H,3,5-6,8-9,15H2,1-2H3. The molecule has 4 N–H and O–H groups in total. The molecular formula is C14H24N4O2S. The van der Waals surface area contributed by atoms with Gasteiger partial charge in [0.2, 0.25) is 10.0 Å². The highest BCUT2D eigenvalue weighted by atomic mass is 32.2. The molecule has 0 atom stereocenters. The molecule has 1 aromatic rings. The lowest BCUT2D eigenvalue weighted by Gasteiger charge is -2.21. The summed E-state index contributed by atoms with van der Waals surface area (Å²) in [7, 11) is -2.12. The average Bonchev–Trinajstić information content (AvgIpc) is 3.29. The van der Waals surface area contributed by atoms with Gasteiger partial charge in [0.1, 0.15) is 4.90 Å². The molecule has 0 saturated heterocycles. The van der Waals surface area contributed by atoms with Gasteiger partial charge in [-0.3, -0.25) is 4.90 Å². The molecule has 7 heteroatoms. The zero-order valence-corrected chi connectivity index (χ0v) is 13.4. The molecule has 1 aliphatic carbocycles. The molecule has 0 amide bonds. The fraction of sp³-hybridized carbons (Fsp3) is 0.571. The molecule has 0 radical (unpaired) electrons. The summed E-state index contributed by atoms with van der Waals surface area (Å²) < 4.78 is 26.4. The first-order valence-corrected chi connectivity index (χ1v) is 8.77. The van der Waals surface area contributed by atoms with Crippen molar-refractivity contribution >= 4 is 21.4 Å². The number of hydrogen-bond donors (Lipinski definition) is 3. The number of hydrogen-bond acceptors (Lipinski definition) is 5. The van der Waals surface area contributed by atoms with Crippen LogP contribution in [0.25, 0.3) is 0 Å². The quantitative estimate of drug-likeness (QED) is 0.625. The van der Waals surface area contributed by atoms with Crippen molar-refractivity contribution in [1.82, 2.24) is 9.62 Å². The lowest BCUT2D eigenvalue weighted by Crippen LogP contribution is -2.31. The summed E-state index contributed by atoms with van der Waals surface area (Å²) >= 11 is 0. The molecule has 0 heterocycles. The largest absolute Gasteiger partial charge is 0.399 e. The van der Waals surface area contributed by atoms with Crippen LogP contribution in [0.1, 0.15) is 19.8 Å². The first-order chi connectivity index (χ1) is 9.97. The Bertz CT molecular complexity index is 585. The van der Waals surface area contributed by atoms with E-state index in [1.165, 1.54) is 26.0 Å². The first-order valence-electron chi connectivity index (χ1n) is 7.29. The van der Waals surface area contributed by atoms with Gasteiger partial charge in [-0.25, -0.2) is 13.1 Å². The molecule has 0 spiro atoms. The van der Waals surface area contributed by atoms with Crippen molar-refractivity contribution in [2.24, 2.45) is 0 Å². The van der Waals surface area contributed by atoms with Crippen LogP contribution < -0.4 is 15.8 Å². The molecule has 0 aliphatic heterocycles. The lowest BCUT2D eigenvalue weighted by molar-refractivity contribution is 0.289. The van der Waals surface area contributed by atoms with Crippen LogP contribution in [0.4, 0.5) is 11.4 Å². The Labute approximate surface area is 126 Å². The number of likely N-dealkylation sites (N-methyl/N-ethyl adjacent to an activating group) is 1. The lowest BCUT2D eigenvalue weighted by atomic mass is 10.3. The molecule has 0 aromatic heterocycles. The Balaban J connectivity index is 2.05. The van der Waals surface area contributed by atoms with Crippen LogP contribution >= 0.6 is 0 Å². The zero-order chi connectivity index (χ0) is 15.5. The van der Waals surface area contributed by atoms with Gasteiger partial charge in [0.15, 0.2) is 0 Å². The molecule has 0 unspecified atom stereocenters. The fourth-order valence-corrected chi connectivity index (χ4v) is 3.33. The van der Waals surface area contributed by atoms with E-state index in [1.54, 1.807) is 12.1 Å². The third-order valence-electron chi connectivity index (χ3n) is 3.75. The number of sulfonamides is 1. The van der Waals surface area contributed by atoms with Crippen molar-refractivity contribution in [3.8, 4) is 0 Å². The second-order valence-corrected chi connectivity index (χ2v) is 7.10. The maximum Gasteiger partial charge on any atom is 0.242 e. The fourth-order valence-electron chi connectivity index (χ4n) is 2.39. The van der Waals surface area contributed by atoms with Gasteiger partial charge in [0, 0.05) is 24.8 Å². The highest BCUT2D eigenvalue weighted by Crippen LogP contribution is 2.27. The molecule has 1 aliphatic rings. The summed E-state index contributed by atoms with van der Waals surface area (Å²) in [5, 5.41) is 3.21. The normalized spacial score (nSPS) is 15.4. The second-order valence-electron chi connectivity index (χ2n) is 5.25. The van der Waals surface area contributed by atoms with Crippen molar-refractivity contribution in [3.05, 3.63) is 18.2 Å². The van der Waals surface area contributed by atoms with Crippen molar-refractivity contribution in [2.45, 2.75) is 30.7 Å². The van der Waals surface area contributed by atoms with Crippen LogP contribution in [0.15, 0.2) is 23.1 Å². The molecule has 0 bridgehead atoms. The number of rotatable bonds is 8. The SMILES string of the molecule is CCN(CCNc1ccc(N)cc1S(=O)(=O)NC)C1CC1. The maximum atomic E-state index is 12.0. The number of benzene rings is 1.